The van der Waals surface area contributed by atoms with Crippen molar-refractivity contribution < 1.29 is 14.3 Å². The maximum atomic E-state index is 12.2. The monoisotopic (exact) mass is 332 g/mol. The zero-order valence-corrected chi connectivity index (χ0v) is 14.4. The van der Waals surface area contributed by atoms with Crippen molar-refractivity contribution in [2.75, 3.05) is 13.2 Å². The molecule has 0 saturated carbocycles. The topological polar surface area (TPSA) is 81.4 Å². The van der Waals surface area contributed by atoms with E-state index in [1.54, 1.807) is 0 Å². The minimum atomic E-state index is -0.369. The first-order valence-electron chi connectivity index (χ1n) is 8.75. The molecule has 24 heavy (non-hydrogen) atoms. The average Bonchev–Trinajstić information content (AvgIpc) is 2.56. The van der Waals surface area contributed by atoms with Gasteiger partial charge in [0.1, 0.15) is 0 Å². The number of ether oxygens (including phenoxy) is 1. The molecule has 2 rings (SSSR count). The molecule has 132 valence electrons. The molecule has 0 aliphatic carbocycles. The average molecular weight is 332 g/mol. The lowest BCUT2D eigenvalue weighted by atomic mass is 9.89. The Morgan fingerprint density at radius 2 is 1.92 bits per heavy atom. The van der Waals surface area contributed by atoms with Crippen molar-refractivity contribution in [3.63, 3.8) is 0 Å². The Morgan fingerprint density at radius 3 is 2.54 bits per heavy atom. The van der Waals surface area contributed by atoms with Crippen LogP contribution in [0.25, 0.3) is 0 Å². The third-order valence-corrected chi connectivity index (χ3v) is 4.59. The van der Waals surface area contributed by atoms with E-state index < -0.39 is 0 Å². The van der Waals surface area contributed by atoms with Crippen molar-refractivity contribution in [2.24, 2.45) is 11.7 Å². The minimum absolute atomic E-state index is 0.000136. The summed E-state index contributed by atoms with van der Waals surface area (Å²) in [5.74, 6) is -0.0985. The molecule has 1 atom stereocenters. The standard InChI is InChI=1S/C19H28N2O3/c1-14-5-7-15(8-6-14)3-2-4-19(23)21-17(13-18(20)22)16-9-11-24-12-10-16/h5-8,16-17H,2-4,9-13H2,1H3,(H2,20,22)(H,21,23)/t17-/m1/s1. The van der Waals surface area contributed by atoms with E-state index in [9.17, 15) is 9.59 Å². The molecule has 0 radical (unpaired) electrons. The van der Waals surface area contributed by atoms with Crippen molar-refractivity contribution >= 4 is 11.8 Å². The maximum absolute atomic E-state index is 12.2. The Bertz CT molecular complexity index is 536. The summed E-state index contributed by atoms with van der Waals surface area (Å²) >= 11 is 0. The van der Waals surface area contributed by atoms with Gasteiger partial charge in [0.25, 0.3) is 0 Å². The molecule has 1 aromatic rings. The molecular formula is C19H28N2O3. The summed E-state index contributed by atoms with van der Waals surface area (Å²) in [4.78, 5) is 23.5. The van der Waals surface area contributed by atoms with Crippen LogP contribution in [0.3, 0.4) is 0 Å². The number of aryl methyl sites for hydroxylation is 2. The first kappa shape index (κ1) is 18.5. The summed E-state index contributed by atoms with van der Waals surface area (Å²) in [6, 6.07) is 8.21. The zero-order valence-electron chi connectivity index (χ0n) is 14.4. The molecule has 1 aromatic carbocycles. The van der Waals surface area contributed by atoms with Gasteiger partial charge in [0, 0.05) is 32.1 Å². The van der Waals surface area contributed by atoms with Gasteiger partial charge in [-0.2, -0.15) is 0 Å². The number of hydrogen-bond donors (Lipinski definition) is 2. The highest BCUT2D eigenvalue weighted by Crippen LogP contribution is 2.21. The Labute approximate surface area is 143 Å². The lowest BCUT2D eigenvalue weighted by molar-refractivity contribution is -0.123. The number of carbonyl (C=O) groups excluding carboxylic acids is 2. The predicted molar refractivity (Wildman–Crippen MR) is 93.4 cm³/mol. The molecule has 2 amide bonds. The number of nitrogens with two attached hydrogens (primary N) is 1. The van der Waals surface area contributed by atoms with Crippen LogP contribution >= 0.6 is 0 Å². The predicted octanol–water partition coefficient (Wildman–Crippen LogP) is 2.10. The fraction of sp³-hybridized carbons (Fsp3) is 0.579. The summed E-state index contributed by atoms with van der Waals surface area (Å²) in [6.07, 6.45) is 4.07. The Balaban J connectivity index is 1.78. The molecule has 3 N–H and O–H groups in total. The molecule has 0 spiro atoms. The van der Waals surface area contributed by atoms with Gasteiger partial charge >= 0.3 is 0 Å². The van der Waals surface area contributed by atoms with Crippen molar-refractivity contribution in [2.45, 2.75) is 51.5 Å². The third kappa shape index (κ3) is 6.32. The molecule has 1 saturated heterocycles. The number of rotatable bonds is 8. The van der Waals surface area contributed by atoms with Crippen LogP contribution < -0.4 is 11.1 Å². The van der Waals surface area contributed by atoms with Crippen LogP contribution in [0.4, 0.5) is 0 Å². The number of hydrogen-bond acceptors (Lipinski definition) is 3. The molecular weight excluding hydrogens is 304 g/mol. The molecule has 1 aliphatic heterocycles. The quantitative estimate of drug-likeness (QED) is 0.765. The SMILES string of the molecule is Cc1ccc(CCCC(=O)N[C@H](CC(N)=O)C2CCOCC2)cc1. The Hall–Kier alpha value is -1.88. The second-order valence-electron chi connectivity index (χ2n) is 6.63. The number of carbonyl (C=O) groups is 2. The molecule has 0 unspecified atom stereocenters. The van der Waals surface area contributed by atoms with Crippen molar-refractivity contribution in [1.29, 1.82) is 0 Å². The lowest BCUT2D eigenvalue weighted by Crippen LogP contribution is -2.44. The van der Waals surface area contributed by atoms with Gasteiger partial charge in [0.05, 0.1) is 0 Å². The van der Waals surface area contributed by atoms with E-state index in [2.05, 4.69) is 36.5 Å². The normalized spacial score (nSPS) is 16.5. The van der Waals surface area contributed by atoms with Gasteiger partial charge in [0.15, 0.2) is 0 Å². The van der Waals surface area contributed by atoms with Gasteiger partial charge in [-0.25, -0.2) is 0 Å². The van der Waals surface area contributed by atoms with E-state index in [-0.39, 0.29) is 30.2 Å². The van der Waals surface area contributed by atoms with Gasteiger partial charge < -0.3 is 15.8 Å². The van der Waals surface area contributed by atoms with E-state index in [1.807, 2.05) is 0 Å². The summed E-state index contributed by atoms with van der Waals surface area (Å²) < 4.78 is 5.35. The zero-order chi connectivity index (χ0) is 17.4. The van der Waals surface area contributed by atoms with Gasteiger partial charge in [-0.05, 0) is 44.1 Å². The number of benzene rings is 1. The Kier molecular flexibility index (Phi) is 7.25. The molecule has 1 aliphatic rings. The maximum Gasteiger partial charge on any atom is 0.220 e. The second kappa shape index (κ2) is 9.42. The molecule has 1 heterocycles. The highest BCUT2D eigenvalue weighted by atomic mass is 16.5. The highest BCUT2D eigenvalue weighted by Gasteiger charge is 2.26. The summed E-state index contributed by atoms with van der Waals surface area (Å²) in [7, 11) is 0. The van der Waals surface area contributed by atoms with Gasteiger partial charge in [0.2, 0.25) is 11.8 Å². The number of nitrogens with one attached hydrogen (secondary N) is 1. The van der Waals surface area contributed by atoms with E-state index in [4.69, 9.17) is 10.5 Å². The van der Waals surface area contributed by atoms with E-state index in [1.165, 1.54) is 11.1 Å². The van der Waals surface area contributed by atoms with Crippen molar-refractivity contribution in [1.82, 2.24) is 5.32 Å². The fourth-order valence-electron chi connectivity index (χ4n) is 3.16. The van der Waals surface area contributed by atoms with Crippen molar-refractivity contribution in [3.05, 3.63) is 35.4 Å². The Morgan fingerprint density at radius 1 is 1.25 bits per heavy atom. The van der Waals surface area contributed by atoms with Crippen LogP contribution in [0.5, 0.6) is 0 Å². The minimum Gasteiger partial charge on any atom is -0.381 e. The van der Waals surface area contributed by atoms with E-state index in [0.717, 1.165) is 25.7 Å². The van der Waals surface area contributed by atoms with Gasteiger partial charge in [-0.3, -0.25) is 9.59 Å². The molecule has 5 heteroatoms. The lowest BCUT2D eigenvalue weighted by Gasteiger charge is -2.30. The summed E-state index contributed by atoms with van der Waals surface area (Å²) in [6.45, 7) is 3.43. The first-order valence-corrected chi connectivity index (χ1v) is 8.75. The molecule has 0 aromatic heterocycles. The van der Waals surface area contributed by atoms with Crippen LogP contribution in [-0.2, 0) is 20.7 Å². The van der Waals surface area contributed by atoms with E-state index >= 15 is 0 Å². The molecule has 1 fully saturated rings. The van der Waals surface area contributed by atoms with Crippen LogP contribution in [-0.4, -0.2) is 31.1 Å². The van der Waals surface area contributed by atoms with Crippen LogP contribution in [0.15, 0.2) is 24.3 Å². The van der Waals surface area contributed by atoms with E-state index in [0.29, 0.717) is 19.6 Å². The third-order valence-electron chi connectivity index (χ3n) is 4.59. The second-order valence-corrected chi connectivity index (χ2v) is 6.63. The summed E-state index contributed by atoms with van der Waals surface area (Å²) in [5, 5.41) is 3.02. The number of primary amides is 1. The fourth-order valence-corrected chi connectivity index (χ4v) is 3.16. The summed E-state index contributed by atoms with van der Waals surface area (Å²) in [5.41, 5.74) is 7.82. The van der Waals surface area contributed by atoms with Crippen LogP contribution in [0.1, 0.15) is 43.2 Å². The van der Waals surface area contributed by atoms with Gasteiger partial charge in [-0.15, -0.1) is 0 Å². The largest absolute Gasteiger partial charge is 0.381 e. The highest BCUT2D eigenvalue weighted by molar-refractivity contribution is 5.78. The first-order chi connectivity index (χ1) is 11.5. The van der Waals surface area contributed by atoms with Crippen molar-refractivity contribution in [3.8, 4) is 0 Å². The molecule has 5 nitrogen and oxygen atoms in total. The van der Waals surface area contributed by atoms with Crippen LogP contribution in [0, 0.1) is 12.8 Å². The number of amides is 2. The van der Waals surface area contributed by atoms with Crippen LogP contribution in [0.2, 0.25) is 0 Å². The van der Waals surface area contributed by atoms with Gasteiger partial charge in [-0.1, -0.05) is 29.8 Å². The molecule has 0 bridgehead atoms. The smallest absolute Gasteiger partial charge is 0.220 e.